The molecule has 0 aromatic heterocycles. The van der Waals surface area contributed by atoms with Crippen molar-refractivity contribution >= 4 is 50.8 Å². The maximum atomic E-state index is 14.4. The van der Waals surface area contributed by atoms with E-state index in [1.165, 1.54) is 42.1 Å². The van der Waals surface area contributed by atoms with E-state index in [2.05, 4.69) is 29.4 Å². The number of carbonyl (C=O) groups is 3. The lowest BCUT2D eigenvalue weighted by molar-refractivity contribution is -0.142. The first-order chi connectivity index (χ1) is 24.4. The molecule has 3 aromatic rings. The number of para-hydroxylation sites is 1. The summed E-state index contributed by atoms with van der Waals surface area (Å²) >= 11 is 1.36. The summed E-state index contributed by atoms with van der Waals surface area (Å²) in [5.74, 6) is -2.50. The predicted molar refractivity (Wildman–Crippen MR) is 200 cm³/mol. The number of hydrogen-bond acceptors (Lipinski definition) is 9. The molecular weight excluding hydrogens is 691 g/mol. The molecular formula is C38H49N3O8S2. The summed E-state index contributed by atoms with van der Waals surface area (Å²) < 4.78 is 34.8. The molecule has 13 heteroatoms. The average Bonchev–Trinajstić information content (AvgIpc) is 3.21. The number of nitrogens with zero attached hydrogens (tertiary/aromatic N) is 1. The Morgan fingerprint density at radius 3 is 2.18 bits per heavy atom. The van der Waals surface area contributed by atoms with Crippen LogP contribution < -0.4 is 20.3 Å². The standard InChI is InChI=1S/C38H49N3O8S2/c1-5-8-19-38(20-9-6-2)24-41(27-13-11-10-12-14-27)30-21-32(50-4)31(22-33(30)51(47,48)25-38)49-23-34(43)40-35(26-15-17-28(42)18-16-26)36(44)39-29(7-3)37(45)46/h10-18,21-22,29,35,42H,5-9,19-20,23-25H2,1-4H3,(H,39,44)(H,40,43)(H,45,46)/t29?,35-/m1/s1. The number of phenolic OH excluding ortho intramolecular Hbond substituents is 1. The molecule has 4 rings (SSSR count). The number of carboxylic acid groups (broad SMARTS) is 1. The molecule has 0 fully saturated rings. The molecule has 3 aromatic carbocycles. The topological polar surface area (TPSA) is 162 Å². The first kappa shape index (κ1) is 39.6. The Balaban J connectivity index is 1.68. The van der Waals surface area contributed by atoms with Crippen LogP contribution in [0.4, 0.5) is 11.4 Å². The summed E-state index contributed by atoms with van der Waals surface area (Å²) in [6, 6.07) is 16.3. The lowest BCUT2D eigenvalue weighted by Crippen LogP contribution is -2.47. The number of benzene rings is 3. The third-order valence-electron chi connectivity index (χ3n) is 9.23. The van der Waals surface area contributed by atoms with Crippen LogP contribution in [-0.4, -0.2) is 67.6 Å². The largest absolute Gasteiger partial charge is 0.508 e. The Morgan fingerprint density at radius 1 is 0.961 bits per heavy atom. The van der Waals surface area contributed by atoms with E-state index >= 15 is 0 Å². The molecule has 1 unspecified atom stereocenters. The van der Waals surface area contributed by atoms with Crippen molar-refractivity contribution in [3.05, 3.63) is 72.3 Å². The van der Waals surface area contributed by atoms with E-state index in [9.17, 15) is 33.0 Å². The number of carbonyl (C=O) groups excluding carboxylic acids is 2. The minimum atomic E-state index is -3.82. The van der Waals surface area contributed by atoms with Gasteiger partial charge in [0.1, 0.15) is 23.6 Å². The van der Waals surface area contributed by atoms with Gasteiger partial charge >= 0.3 is 5.97 Å². The lowest BCUT2D eigenvalue weighted by Gasteiger charge is -2.37. The molecule has 1 aliphatic heterocycles. The summed E-state index contributed by atoms with van der Waals surface area (Å²) in [7, 11) is -3.82. The molecule has 276 valence electrons. The summed E-state index contributed by atoms with van der Waals surface area (Å²) in [5.41, 5.74) is 1.29. The van der Waals surface area contributed by atoms with Crippen molar-refractivity contribution in [3.8, 4) is 11.5 Å². The van der Waals surface area contributed by atoms with Gasteiger partial charge in [0.05, 0.1) is 21.2 Å². The van der Waals surface area contributed by atoms with Crippen LogP contribution in [0, 0.1) is 5.41 Å². The summed E-state index contributed by atoms with van der Waals surface area (Å²) in [6.07, 6.45) is 7.26. The van der Waals surface area contributed by atoms with Gasteiger partial charge in [0, 0.05) is 23.7 Å². The smallest absolute Gasteiger partial charge is 0.326 e. The Labute approximate surface area is 305 Å². The first-order valence-electron chi connectivity index (χ1n) is 17.4. The Hall–Kier alpha value is -4.23. The van der Waals surface area contributed by atoms with Crippen LogP contribution in [0.15, 0.2) is 76.5 Å². The van der Waals surface area contributed by atoms with Gasteiger partial charge in [-0.3, -0.25) is 9.59 Å². The molecule has 2 atom stereocenters. The molecule has 1 aliphatic rings. The zero-order valence-corrected chi connectivity index (χ0v) is 31.3. The molecule has 0 bridgehead atoms. The van der Waals surface area contributed by atoms with Crippen molar-refractivity contribution < 1.29 is 37.8 Å². The van der Waals surface area contributed by atoms with E-state index in [0.717, 1.165) is 44.2 Å². The Bertz CT molecular complexity index is 1760. The van der Waals surface area contributed by atoms with Crippen LogP contribution in [-0.2, 0) is 24.2 Å². The Kier molecular flexibility index (Phi) is 13.8. The van der Waals surface area contributed by atoms with Gasteiger partial charge in [-0.25, -0.2) is 13.2 Å². The lowest BCUT2D eigenvalue weighted by atomic mass is 9.79. The van der Waals surface area contributed by atoms with E-state index in [-0.39, 0.29) is 28.6 Å². The Morgan fingerprint density at radius 2 is 1.61 bits per heavy atom. The van der Waals surface area contributed by atoms with Gasteiger partial charge in [-0.05, 0) is 61.4 Å². The van der Waals surface area contributed by atoms with Crippen LogP contribution in [0.25, 0.3) is 0 Å². The second-order valence-electron chi connectivity index (χ2n) is 13.0. The fraction of sp³-hybridized carbons (Fsp3) is 0.447. The minimum Gasteiger partial charge on any atom is -0.508 e. The summed E-state index contributed by atoms with van der Waals surface area (Å²) in [6.45, 7) is 5.83. The SMILES string of the molecule is CCCCC1(CCCC)CN(c2ccccc2)c2cc(SC)c(OCC(=O)N[C@@H](C(=O)NC(CC)C(=O)O)c3ccc(O)cc3)cc2S(=O)(=O)C1. The number of anilines is 2. The van der Waals surface area contributed by atoms with Crippen molar-refractivity contribution in [2.45, 2.75) is 87.6 Å². The minimum absolute atomic E-state index is 0.00655. The zero-order valence-electron chi connectivity index (χ0n) is 29.7. The predicted octanol–water partition coefficient (Wildman–Crippen LogP) is 6.62. The van der Waals surface area contributed by atoms with E-state index in [4.69, 9.17) is 4.74 Å². The van der Waals surface area contributed by atoms with Crippen LogP contribution in [0.3, 0.4) is 0 Å². The number of sulfone groups is 1. The molecule has 0 spiro atoms. The maximum Gasteiger partial charge on any atom is 0.326 e. The van der Waals surface area contributed by atoms with E-state index in [0.29, 0.717) is 22.7 Å². The normalized spacial score (nSPS) is 15.9. The van der Waals surface area contributed by atoms with E-state index in [1.807, 2.05) is 42.7 Å². The number of hydrogen-bond donors (Lipinski definition) is 4. The fourth-order valence-electron chi connectivity index (χ4n) is 6.49. The van der Waals surface area contributed by atoms with Crippen molar-refractivity contribution in [1.82, 2.24) is 10.6 Å². The van der Waals surface area contributed by atoms with E-state index < -0.39 is 51.7 Å². The number of ether oxygens (including phenoxy) is 1. The number of carboxylic acids is 1. The highest BCUT2D eigenvalue weighted by atomic mass is 32.2. The summed E-state index contributed by atoms with van der Waals surface area (Å²) in [4.78, 5) is 41.1. The van der Waals surface area contributed by atoms with Gasteiger partial charge < -0.3 is 30.5 Å². The number of thioether (sulfide) groups is 1. The molecule has 2 amide bonds. The molecule has 1 heterocycles. The maximum absolute atomic E-state index is 14.4. The monoisotopic (exact) mass is 739 g/mol. The van der Waals surface area contributed by atoms with Gasteiger partial charge in [0.15, 0.2) is 16.4 Å². The van der Waals surface area contributed by atoms with Crippen LogP contribution >= 0.6 is 11.8 Å². The van der Waals surface area contributed by atoms with Crippen LogP contribution in [0.5, 0.6) is 11.5 Å². The number of phenols is 1. The molecule has 51 heavy (non-hydrogen) atoms. The quantitative estimate of drug-likeness (QED) is 0.111. The third-order valence-corrected chi connectivity index (χ3v) is 12.0. The molecule has 4 N–H and O–H groups in total. The number of unbranched alkanes of at least 4 members (excludes halogenated alkanes) is 2. The van der Waals surface area contributed by atoms with Crippen molar-refractivity contribution in [1.29, 1.82) is 0 Å². The van der Waals surface area contributed by atoms with Crippen LogP contribution in [0.2, 0.25) is 0 Å². The number of nitrogens with one attached hydrogen (secondary N) is 2. The number of aliphatic carboxylic acids is 1. The fourth-order valence-corrected chi connectivity index (χ4v) is 9.15. The van der Waals surface area contributed by atoms with Gasteiger partial charge in [0.2, 0.25) is 5.91 Å². The van der Waals surface area contributed by atoms with Gasteiger partial charge in [-0.2, -0.15) is 0 Å². The highest BCUT2D eigenvalue weighted by Crippen LogP contribution is 2.47. The van der Waals surface area contributed by atoms with Crippen molar-refractivity contribution in [2.75, 3.05) is 30.1 Å². The number of aromatic hydroxyl groups is 1. The highest BCUT2D eigenvalue weighted by Gasteiger charge is 2.42. The molecule has 0 radical (unpaired) electrons. The number of fused-ring (bicyclic) bond motifs is 1. The zero-order chi connectivity index (χ0) is 37.2. The average molecular weight is 740 g/mol. The second kappa shape index (κ2) is 17.8. The molecule has 0 aliphatic carbocycles. The second-order valence-corrected chi connectivity index (χ2v) is 15.9. The highest BCUT2D eigenvalue weighted by molar-refractivity contribution is 7.98. The molecule has 11 nitrogen and oxygen atoms in total. The number of rotatable bonds is 17. The van der Waals surface area contributed by atoms with E-state index in [1.54, 1.807) is 6.92 Å². The molecule has 0 saturated carbocycles. The summed E-state index contributed by atoms with van der Waals surface area (Å²) in [5, 5.41) is 24.3. The van der Waals surface area contributed by atoms with Crippen molar-refractivity contribution in [2.24, 2.45) is 5.41 Å². The first-order valence-corrected chi connectivity index (χ1v) is 20.3. The number of amides is 2. The van der Waals surface area contributed by atoms with Crippen molar-refractivity contribution in [3.63, 3.8) is 0 Å². The van der Waals surface area contributed by atoms with Crippen LogP contribution in [0.1, 0.15) is 77.3 Å². The molecule has 0 saturated heterocycles. The van der Waals surface area contributed by atoms with Gasteiger partial charge in [-0.1, -0.05) is 76.8 Å². The van der Waals surface area contributed by atoms with Gasteiger partial charge in [0.25, 0.3) is 5.91 Å². The van der Waals surface area contributed by atoms with Gasteiger partial charge in [-0.15, -0.1) is 11.8 Å². The third kappa shape index (κ3) is 9.97.